The minimum atomic E-state index is -0.0413. The Morgan fingerprint density at radius 1 is 1.41 bits per heavy atom. The molecule has 3 nitrogen and oxygen atoms in total. The summed E-state index contributed by atoms with van der Waals surface area (Å²) in [6, 6.07) is 3.97. The molecule has 17 heavy (non-hydrogen) atoms. The van der Waals surface area contributed by atoms with Crippen molar-refractivity contribution in [3.63, 3.8) is 0 Å². The number of rotatable bonds is 5. The Hall–Kier alpha value is -1.13. The van der Waals surface area contributed by atoms with Crippen molar-refractivity contribution in [1.29, 1.82) is 0 Å². The Morgan fingerprint density at radius 2 is 2.00 bits per heavy atom. The van der Waals surface area contributed by atoms with Crippen LogP contribution in [0.4, 0.5) is 5.69 Å². The summed E-state index contributed by atoms with van der Waals surface area (Å²) in [4.78, 5) is 11.7. The molecule has 0 aromatic heterocycles. The molecule has 0 saturated heterocycles. The van der Waals surface area contributed by atoms with Gasteiger partial charge in [0.2, 0.25) is 5.91 Å². The lowest BCUT2D eigenvalue weighted by atomic mass is 10.1. The molecule has 1 aromatic carbocycles. The van der Waals surface area contributed by atoms with Crippen molar-refractivity contribution in [2.45, 2.75) is 13.8 Å². The minimum Gasteiger partial charge on any atom is -0.324 e. The second-order valence-electron chi connectivity index (χ2n) is 3.88. The molecule has 0 radical (unpaired) electrons. The summed E-state index contributed by atoms with van der Waals surface area (Å²) >= 11 is 3.43. The largest absolute Gasteiger partial charge is 0.324 e. The first-order chi connectivity index (χ1) is 8.04. The molecule has 0 aliphatic heterocycles. The quantitative estimate of drug-likeness (QED) is 0.648. The van der Waals surface area contributed by atoms with Gasteiger partial charge < -0.3 is 10.6 Å². The van der Waals surface area contributed by atoms with Crippen LogP contribution in [0.5, 0.6) is 0 Å². The molecule has 0 unspecified atom stereocenters. The Balaban J connectivity index is 2.68. The van der Waals surface area contributed by atoms with Crippen LogP contribution in [0.25, 0.3) is 0 Å². The third-order valence-electron chi connectivity index (χ3n) is 2.34. The van der Waals surface area contributed by atoms with Gasteiger partial charge in [0.15, 0.2) is 0 Å². The number of hydrogen-bond donors (Lipinski definition) is 2. The number of aryl methyl sites for hydroxylation is 2. The molecule has 1 amide bonds. The Kier molecular flexibility index (Phi) is 5.38. The predicted molar refractivity (Wildman–Crippen MR) is 75.3 cm³/mol. The average molecular weight is 297 g/mol. The SMILES string of the molecule is C=CCNCC(=O)Nc1c(C)cc(Br)cc1C. The monoisotopic (exact) mass is 296 g/mol. The van der Waals surface area contributed by atoms with Crippen molar-refractivity contribution >= 4 is 27.5 Å². The Morgan fingerprint density at radius 3 is 2.53 bits per heavy atom. The number of amides is 1. The van der Waals surface area contributed by atoms with Gasteiger partial charge >= 0.3 is 0 Å². The molecule has 4 heteroatoms. The van der Waals surface area contributed by atoms with Gasteiger partial charge in [0.1, 0.15) is 0 Å². The molecule has 0 saturated carbocycles. The molecule has 0 spiro atoms. The standard InChI is InChI=1S/C13H17BrN2O/c1-4-5-15-8-12(17)16-13-9(2)6-11(14)7-10(13)3/h4,6-7,15H,1,5,8H2,2-3H3,(H,16,17). The van der Waals surface area contributed by atoms with E-state index in [1.54, 1.807) is 6.08 Å². The van der Waals surface area contributed by atoms with E-state index in [4.69, 9.17) is 0 Å². The number of benzene rings is 1. The Bertz CT molecular complexity index is 406. The van der Waals surface area contributed by atoms with Gasteiger partial charge in [0.05, 0.1) is 6.54 Å². The summed E-state index contributed by atoms with van der Waals surface area (Å²) in [5.41, 5.74) is 2.99. The van der Waals surface area contributed by atoms with E-state index < -0.39 is 0 Å². The van der Waals surface area contributed by atoms with Crippen LogP contribution in [0.3, 0.4) is 0 Å². The first kappa shape index (κ1) is 13.9. The van der Waals surface area contributed by atoms with E-state index in [2.05, 4.69) is 33.1 Å². The van der Waals surface area contributed by atoms with Crippen molar-refractivity contribution in [2.75, 3.05) is 18.4 Å². The maximum Gasteiger partial charge on any atom is 0.238 e. The van der Waals surface area contributed by atoms with Crippen LogP contribution in [0, 0.1) is 13.8 Å². The van der Waals surface area contributed by atoms with Crippen LogP contribution in [0.2, 0.25) is 0 Å². The molecule has 0 bridgehead atoms. The van der Waals surface area contributed by atoms with Crippen molar-refractivity contribution in [3.8, 4) is 0 Å². The normalized spacial score (nSPS) is 10.1. The number of anilines is 1. The number of nitrogens with one attached hydrogen (secondary N) is 2. The fraction of sp³-hybridized carbons (Fsp3) is 0.308. The van der Waals surface area contributed by atoms with E-state index in [0.717, 1.165) is 21.3 Å². The summed E-state index contributed by atoms with van der Waals surface area (Å²) in [6.07, 6.45) is 1.73. The summed E-state index contributed by atoms with van der Waals surface area (Å²) in [5.74, 6) is -0.0413. The molecule has 92 valence electrons. The van der Waals surface area contributed by atoms with Gasteiger partial charge in [-0.3, -0.25) is 4.79 Å². The van der Waals surface area contributed by atoms with E-state index in [1.165, 1.54) is 0 Å². The zero-order chi connectivity index (χ0) is 12.8. The second-order valence-corrected chi connectivity index (χ2v) is 4.80. The first-order valence-electron chi connectivity index (χ1n) is 5.42. The van der Waals surface area contributed by atoms with Crippen molar-refractivity contribution in [1.82, 2.24) is 5.32 Å². The van der Waals surface area contributed by atoms with E-state index in [-0.39, 0.29) is 5.91 Å². The van der Waals surface area contributed by atoms with Crippen LogP contribution in [0.1, 0.15) is 11.1 Å². The molecule has 0 fully saturated rings. The van der Waals surface area contributed by atoms with Crippen LogP contribution in [-0.4, -0.2) is 19.0 Å². The van der Waals surface area contributed by atoms with Gasteiger partial charge in [-0.05, 0) is 37.1 Å². The maximum absolute atomic E-state index is 11.7. The maximum atomic E-state index is 11.7. The van der Waals surface area contributed by atoms with Crippen LogP contribution >= 0.6 is 15.9 Å². The average Bonchev–Trinajstić information content (AvgIpc) is 2.24. The van der Waals surface area contributed by atoms with E-state index in [1.807, 2.05) is 26.0 Å². The number of halogens is 1. The third kappa shape index (κ3) is 4.32. The number of carbonyl (C=O) groups excluding carboxylic acids is 1. The van der Waals surface area contributed by atoms with Gasteiger partial charge in [-0.1, -0.05) is 22.0 Å². The van der Waals surface area contributed by atoms with Gasteiger partial charge in [-0.25, -0.2) is 0 Å². The fourth-order valence-corrected chi connectivity index (χ4v) is 2.27. The third-order valence-corrected chi connectivity index (χ3v) is 2.79. The molecular weight excluding hydrogens is 280 g/mol. The van der Waals surface area contributed by atoms with Crippen molar-refractivity contribution in [2.24, 2.45) is 0 Å². The molecule has 0 aliphatic carbocycles. The van der Waals surface area contributed by atoms with Crippen LogP contribution in [0.15, 0.2) is 29.3 Å². The molecule has 1 aromatic rings. The fourth-order valence-electron chi connectivity index (χ4n) is 1.58. The lowest BCUT2D eigenvalue weighted by Crippen LogP contribution is -2.28. The van der Waals surface area contributed by atoms with E-state index in [9.17, 15) is 4.79 Å². The van der Waals surface area contributed by atoms with Crippen molar-refractivity contribution < 1.29 is 4.79 Å². The molecule has 0 aliphatic rings. The predicted octanol–water partition coefficient (Wildman–Crippen LogP) is 2.78. The van der Waals surface area contributed by atoms with Gasteiger partial charge in [0.25, 0.3) is 0 Å². The lowest BCUT2D eigenvalue weighted by Gasteiger charge is -2.12. The summed E-state index contributed by atoms with van der Waals surface area (Å²) < 4.78 is 1.02. The van der Waals surface area contributed by atoms with Gasteiger partial charge in [-0.15, -0.1) is 6.58 Å². The summed E-state index contributed by atoms with van der Waals surface area (Å²) in [5, 5.41) is 5.87. The molecule has 0 heterocycles. The molecule has 0 atom stereocenters. The second kappa shape index (κ2) is 6.57. The molecular formula is C13H17BrN2O. The summed E-state index contributed by atoms with van der Waals surface area (Å²) in [7, 11) is 0. The van der Waals surface area contributed by atoms with Gasteiger partial charge in [0, 0.05) is 16.7 Å². The first-order valence-corrected chi connectivity index (χ1v) is 6.22. The van der Waals surface area contributed by atoms with Crippen LogP contribution < -0.4 is 10.6 Å². The highest BCUT2D eigenvalue weighted by molar-refractivity contribution is 9.10. The highest BCUT2D eigenvalue weighted by Gasteiger charge is 2.07. The molecule has 1 rings (SSSR count). The van der Waals surface area contributed by atoms with Crippen molar-refractivity contribution in [3.05, 3.63) is 40.4 Å². The summed E-state index contributed by atoms with van der Waals surface area (Å²) in [6.45, 7) is 8.46. The van der Waals surface area contributed by atoms with Crippen LogP contribution in [-0.2, 0) is 4.79 Å². The smallest absolute Gasteiger partial charge is 0.238 e. The zero-order valence-electron chi connectivity index (χ0n) is 10.1. The molecule has 2 N–H and O–H groups in total. The highest BCUT2D eigenvalue weighted by atomic mass is 79.9. The van der Waals surface area contributed by atoms with E-state index in [0.29, 0.717) is 13.1 Å². The number of carbonyl (C=O) groups is 1. The van der Waals surface area contributed by atoms with E-state index >= 15 is 0 Å². The zero-order valence-corrected chi connectivity index (χ0v) is 11.7. The highest BCUT2D eigenvalue weighted by Crippen LogP contribution is 2.24. The Labute approximate surface area is 110 Å². The minimum absolute atomic E-state index is 0.0413. The van der Waals surface area contributed by atoms with Gasteiger partial charge in [-0.2, -0.15) is 0 Å². The lowest BCUT2D eigenvalue weighted by molar-refractivity contribution is -0.115. The topological polar surface area (TPSA) is 41.1 Å². The number of hydrogen-bond acceptors (Lipinski definition) is 2.